The number of carbonyl (C=O) groups excluding carboxylic acids is 1. The van der Waals surface area contributed by atoms with Crippen LogP contribution in [0.15, 0.2) is 18.2 Å². The third kappa shape index (κ3) is 2.98. The Balaban J connectivity index is 1.59. The van der Waals surface area contributed by atoms with Crippen LogP contribution in [0.4, 0.5) is 0 Å². The SMILES string of the molecule is CCc1[nH]nc(C(=O)NC(c2ccc3c(c2)CCO3)C2CC(O)C2)c1C. The van der Waals surface area contributed by atoms with E-state index < -0.39 is 0 Å². The van der Waals surface area contributed by atoms with Gasteiger partial charge in [0, 0.05) is 17.7 Å². The van der Waals surface area contributed by atoms with Crippen molar-refractivity contribution in [3.8, 4) is 5.75 Å². The largest absolute Gasteiger partial charge is 0.493 e. The van der Waals surface area contributed by atoms with Crippen LogP contribution in [0, 0.1) is 12.8 Å². The maximum absolute atomic E-state index is 12.9. The van der Waals surface area contributed by atoms with Gasteiger partial charge in [-0.1, -0.05) is 13.0 Å². The number of benzene rings is 1. The first-order chi connectivity index (χ1) is 12.6. The molecule has 1 aromatic carbocycles. The van der Waals surface area contributed by atoms with Gasteiger partial charge in [-0.05, 0) is 55.4 Å². The van der Waals surface area contributed by atoms with E-state index in [2.05, 4.69) is 21.6 Å². The van der Waals surface area contributed by atoms with Crippen LogP contribution < -0.4 is 10.1 Å². The number of amides is 1. The molecule has 6 nitrogen and oxygen atoms in total. The fraction of sp³-hybridized carbons (Fsp3) is 0.500. The van der Waals surface area contributed by atoms with E-state index in [4.69, 9.17) is 4.74 Å². The lowest BCUT2D eigenvalue weighted by molar-refractivity contribution is 0.0234. The van der Waals surface area contributed by atoms with E-state index in [-0.39, 0.29) is 24.0 Å². The maximum Gasteiger partial charge on any atom is 0.272 e. The zero-order valence-electron chi connectivity index (χ0n) is 15.2. The molecule has 1 saturated carbocycles. The maximum atomic E-state index is 12.9. The number of aryl methyl sites for hydroxylation is 1. The number of aromatic nitrogens is 2. The number of ether oxygens (including phenoxy) is 1. The summed E-state index contributed by atoms with van der Waals surface area (Å²) in [6.45, 7) is 4.67. The topological polar surface area (TPSA) is 87.2 Å². The Kier molecular flexibility index (Phi) is 4.44. The second kappa shape index (κ2) is 6.76. The van der Waals surface area contributed by atoms with E-state index in [1.165, 1.54) is 5.56 Å². The van der Waals surface area contributed by atoms with Crippen molar-refractivity contribution in [2.45, 2.75) is 51.7 Å². The Hall–Kier alpha value is -2.34. The first-order valence-corrected chi connectivity index (χ1v) is 9.35. The number of fused-ring (bicyclic) bond motifs is 1. The number of nitrogens with zero attached hydrogens (tertiary/aromatic N) is 1. The van der Waals surface area contributed by atoms with Gasteiger partial charge in [-0.2, -0.15) is 5.10 Å². The molecule has 26 heavy (non-hydrogen) atoms. The minimum atomic E-state index is -0.268. The third-order valence-corrected chi connectivity index (χ3v) is 5.66. The number of rotatable bonds is 5. The zero-order chi connectivity index (χ0) is 18.3. The minimum Gasteiger partial charge on any atom is -0.493 e. The van der Waals surface area contributed by atoms with Gasteiger partial charge in [0.15, 0.2) is 5.69 Å². The molecule has 0 spiro atoms. The summed E-state index contributed by atoms with van der Waals surface area (Å²) in [5.41, 5.74) is 4.60. The lowest BCUT2D eigenvalue weighted by Gasteiger charge is -2.38. The van der Waals surface area contributed by atoms with Crippen LogP contribution in [0.1, 0.15) is 58.7 Å². The van der Waals surface area contributed by atoms with Crippen LogP contribution in [0.5, 0.6) is 5.75 Å². The van der Waals surface area contributed by atoms with Gasteiger partial charge in [-0.25, -0.2) is 0 Å². The first-order valence-electron chi connectivity index (χ1n) is 9.35. The summed E-state index contributed by atoms with van der Waals surface area (Å²) in [7, 11) is 0. The summed E-state index contributed by atoms with van der Waals surface area (Å²) < 4.78 is 5.59. The summed E-state index contributed by atoms with van der Waals surface area (Å²) in [6.07, 6.45) is 2.86. The van der Waals surface area contributed by atoms with Crippen molar-refractivity contribution in [2.24, 2.45) is 5.92 Å². The molecule has 2 aromatic rings. The lowest BCUT2D eigenvalue weighted by Crippen LogP contribution is -2.41. The van der Waals surface area contributed by atoms with Crippen LogP contribution in [0.25, 0.3) is 0 Å². The Bertz CT molecular complexity index is 824. The molecule has 1 amide bonds. The van der Waals surface area contributed by atoms with E-state index in [0.717, 1.165) is 35.4 Å². The van der Waals surface area contributed by atoms with Crippen molar-refractivity contribution in [3.05, 3.63) is 46.3 Å². The van der Waals surface area contributed by atoms with Crippen molar-refractivity contribution in [3.63, 3.8) is 0 Å². The molecule has 0 radical (unpaired) electrons. The number of aliphatic hydroxyl groups excluding tert-OH is 1. The molecule has 3 N–H and O–H groups in total. The summed E-state index contributed by atoms with van der Waals surface area (Å²) >= 11 is 0. The smallest absolute Gasteiger partial charge is 0.272 e. The summed E-state index contributed by atoms with van der Waals surface area (Å²) in [5, 5.41) is 20.1. The van der Waals surface area contributed by atoms with Gasteiger partial charge in [-0.3, -0.25) is 9.89 Å². The molecule has 1 fully saturated rings. The van der Waals surface area contributed by atoms with E-state index in [1.807, 2.05) is 26.0 Å². The Morgan fingerprint density at radius 3 is 2.96 bits per heavy atom. The molecule has 2 aliphatic rings. The molecule has 4 rings (SSSR count). The zero-order valence-corrected chi connectivity index (χ0v) is 15.2. The number of carbonyl (C=O) groups is 1. The van der Waals surface area contributed by atoms with Crippen LogP contribution in [0.2, 0.25) is 0 Å². The molecular formula is C20H25N3O3. The third-order valence-electron chi connectivity index (χ3n) is 5.66. The summed E-state index contributed by atoms with van der Waals surface area (Å²) in [5.74, 6) is 1.00. The standard InChI is InChI=1S/C20H25N3O3/c1-3-16-11(2)18(23-22-16)20(25)21-19(14-9-15(24)10-14)13-4-5-17-12(8-13)6-7-26-17/h4-5,8,14-15,19,24H,3,6-7,9-10H2,1-2H3,(H,21,25)(H,22,23). The number of nitrogens with one attached hydrogen (secondary N) is 2. The highest BCUT2D eigenvalue weighted by atomic mass is 16.5. The number of H-pyrrole nitrogens is 1. The van der Waals surface area contributed by atoms with Gasteiger partial charge in [0.05, 0.1) is 18.8 Å². The number of aromatic amines is 1. The monoisotopic (exact) mass is 355 g/mol. The van der Waals surface area contributed by atoms with E-state index >= 15 is 0 Å². The Morgan fingerprint density at radius 1 is 1.46 bits per heavy atom. The van der Waals surface area contributed by atoms with Gasteiger partial charge in [0.2, 0.25) is 0 Å². The first kappa shape index (κ1) is 17.1. The Labute approximate surface area is 153 Å². The Morgan fingerprint density at radius 2 is 2.27 bits per heavy atom. The average molecular weight is 355 g/mol. The fourth-order valence-corrected chi connectivity index (χ4v) is 3.98. The van der Waals surface area contributed by atoms with Crippen LogP contribution in [-0.2, 0) is 12.8 Å². The van der Waals surface area contributed by atoms with Gasteiger partial charge in [-0.15, -0.1) is 0 Å². The van der Waals surface area contributed by atoms with Gasteiger partial charge in [0.1, 0.15) is 5.75 Å². The molecule has 138 valence electrons. The van der Waals surface area contributed by atoms with Crippen LogP contribution in [0.3, 0.4) is 0 Å². The highest BCUT2D eigenvalue weighted by Gasteiger charge is 2.36. The summed E-state index contributed by atoms with van der Waals surface area (Å²) in [4.78, 5) is 12.9. The second-order valence-electron chi connectivity index (χ2n) is 7.33. The van der Waals surface area contributed by atoms with Gasteiger partial charge in [0.25, 0.3) is 5.91 Å². The highest BCUT2D eigenvalue weighted by molar-refractivity contribution is 5.94. The lowest BCUT2D eigenvalue weighted by atomic mass is 9.74. The molecule has 1 aliphatic heterocycles. The second-order valence-corrected chi connectivity index (χ2v) is 7.33. The molecule has 0 saturated heterocycles. The minimum absolute atomic E-state index is 0.127. The van der Waals surface area contributed by atoms with Crippen LogP contribution >= 0.6 is 0 Å². The van der Waals surface area contributed by atoms with Crippen molar-refractivity contribution >= 4 is 5.91 Å². The van der Waals surface area contributed by atoms with E-state index in [0.29, 0.717) is 25.1 Å². The number of hydrogen-bond donors (Lipinski definition) is 3. The molecule has 0 bridgehead atoms. The van der Waals surface area contributed by atoms with E-state index in [1.54, 1.807) is 0 Å². The van der Waals surface area contributed by atoms with E-state index in [9.17, 15) is 9.90 Å². The molecule has 1 aliphatic carbocycles. The molecule has 2 heterocycles. The quantitative estimate of drug-likeness (QED) is 0.769. The molecule has 1 unspecified atom stereocenters. The molecule has 1 atom stereocenters. The predicted molar refractivity (Wildman–Crippen MR) is 97.3 cm³/mol. The van der Waals surface area contributed by atoms with Crippen molar-refractivity contribution in [2.75, 3.05) is 6.61 Å². The molecule has 1 aromatic heterocycles. The van der Waals surface area contributed by atoms with Gasteiger partial charge < -0.3 is 15.2 Å². The van der Waals surface area contributed by atoms with Crippen molar-refractivity contribution in [1.82, 2.24) is 15.5 Å². The number of hydrogen-bond acceptors (Lipinski definition) is 4. The highest BCUT2D eigenvalue weighted by Crippen LogP contribution is 2.40. The average Bonchev–Trinajstić information content (AvgIpc) is 3.22. The molecule has 6 heteroatoms. The summed E-state index contributed by atoms with van der Waals surface area (Å²) in [6, 6.07) is 6.01. The van der Waals surface area contributed by atoms with Crippen molar-refractivity contribution in [1.29, 1.82) is 0 Å². The molecular weight excluding hydrogens is 330 g/mol. The van der Waals surface area contributed by atoms with Gasteiger partial charge >= 0.3 is 0 Å². The predicted octanol–water partition coefficient (Wildman–Crippen LogP) is 2.46. The number of aliphatic hydroxyl groups is 1. The van der Waals surface area contributed by atoms with Crippen molar-refractivity contribution < 1.29 is 14.6 Å². The normalized spacial score (nSPS) is 22.3. The fourth-order valence-electron chi connectivity index (χ4n) is 3.98. The van der Waals surface area contributed by atoms with Crippen LogP contribution in [-0.4, -0.2) is 33.9 Å².